The summed E-state index contributed by atoms with van der Waals surface area (Å²) in [6.45, 7) is 1.59. The van der Waals surface area contributed by atoms with Gasteiger partial charge in [0.1, 0.15) is 6.26 Å². The van der Waals surface area contributed by atoms with Gasteiger partial charge in [0, 0.05) is 6.54 Å². The zero-order valence-corrected chi connectivity index (χ0v) is 15.4. The number of rotatable bonds is 7. The average molecular weight is 398 g/mol. The SMILES string of the molecule is CCN(CC(=O)Nc1c(Cl)cccc1Cl)C(=O)CNC(=O)c1ccoc1. The highest BCUT2D eigenvalue weighted by Crippen LogP contribution is 2.29. The Morgan fingerprint density at radius 3 is 2.42 bits per heavy atom. The van der Waals surface area contributed by atoms with Gasteiger partial charge in [0.05, 0.1) is 40.6 Å². The van der Waals surface area contributed by atoms with E-state index in [1.165, 1.54) is 23.5 Å². The summed E-state index contributed by atoms with van der Waals surface area (Å²) >= 11 is 12.0. The molecule has 2 N–H and O–H groups in total. The van der Waals surface area contributed by atoms with E-state index in [2.05, 4.69) is 10.6 Å². The van der Waals surface area contributed by atoms with E-state index in [1.54, 1.807) is 25.1 Å². The van der Waals surface area contributed by atoms with Crippen molar-refractivity contribution in [1.82, 2.24) is 10.2 Å². The van der Waals surface area contributed by atoms with Gasteiger partial charge in [0.2, 0.25) is 11.8 Å². The Balaban J connectivity index is 1.90. The summed E-state index contributed by atoms with van der Waals surface area (Å²) in [7, 11) is 0. The van der Waals surface area contributed by atoms with Gasteiger partial charge >= 0.3 is 0 Å². The molecule has 2 aromatic rings. The summed E-state index contributed by atoms with van der Waals surface area (Å²) in [5.41, 5.74) is 0.601. The minimum Gasteiger partial charge on any atom is -0.472 e. The van der Waals surface area contributed by atoms with Crippen LogP contribution in [0, 0.1) is 0 Å². The molecule has 1 aromatic carbocycles. The van der Waals surface area contributed by atoms with Gasteiger partial charge in [-0.3, -0.25) is 14.4 Å². The van der Waals surface area contributed by atoms with Crippen molar-refractivity contribution in [3.63, 3.8) is 0 Å². The monoisotopic (exact) mass is 397 g/mol. The Morgan fingerprint density at radius 2 is 1.85 bits per heavy atom. The van der Waals surface area contributed by atoms with Crippen LogP contribution in [0.4, 0.5) is 5.69 Å². The van der Waals surface area contributed by atoms with Gasteiger partial charge in [-0.25, -0.2) is 0 Å². The molecule has 0 aliphatic rings. The molecule has 0 bridgehead atoms. The molecule has 1 aromatic heterocycles. The lowest BCUT2D eigenvalue weighted by molar-refractivity contribution is -0.133. The van der Waals surface area contributed by atoms with Crippen LogP contribution < -0.4 is 10.6 Å². The fraction of sp³-hybridized carbons (Fsp3) is 0.235. The molecule has 0 atom stereocenters. The quantitative estimate of drug-likeness (QED) is 0.751. The number of nitrogens with zero attached hydrogens (tertiary/aromatic N) is 1. The maximum absolute atomic E-state index is 12.2. The molecular weight excluding hydrogens is 381 g/mol. The number of likely N-dealkylation sites (N-methyl/N-ethyl adjacent to an activating group) is 1. The van der Waals surface area contributed by atoms with E-state index in [4.69, 9.17) is 27.6 Å². The molecule has 9 heteroatoms. The maximum atomic E-state index is 12.2. The fourth-order valence-corrected chi connectivity index (χ4v) is 2.60. The van der Waals surface area contributed by atoms with Gasteiger partial charge in [0.15, 0.2) is 0 Å². The molecule has 1 heterocycles. The lowest BCUT2D eigenvalue weighted by Crippen LogP contribution is -2.43. The van der Waals surface area contributed by atoms with Crippen LogP contribution in [0.1, 0.15) is 17.3 Å². The second-order valence-corrected chi connectivity index (χ2v) is 6.06. The molecule has 0 saturated heterocycles. The van der Waals surface area contributed by atoms with Crippen molar-refractivity contribution in [1.29, 1.82) is 0 Å². The second-order valence-electron chi connectivity index (χ2n) is 5.25. The maximum Gasteiger partial charge on any atom is 0.254 e. The first kappa shape index (κ1) is 19.8. The highest BCUT2D eigenvalue weighted by atomic mass is 35.5. The van der Waals surface area contributed by atoms with Gasteiger partial charge in [-0.2, -0.15) is 0 Å². The van der Waals surface area contributed by atoms with E-state index in [1.807, 2.05) is 0 Å². The number of furan rings is 1. The minimum atomic E-state index is -0.448. The molecule has 0 spiro atoms. The lowest BCUT2D eigenvalue weighted by Gasteiger charge is -2.21. The van der Waals surface area contributed by atoms with Gasteiger partial charge in [-0.1, -0.05) is 29.3 Å². The number of hydrogen-bond acceptors (Lipinski definition) is 4. The van der Waals surface area contributed by atoms with Crippen LogP contribution in [0.2, 0.25) is 10.0 Å². The number of halogens is 2. The topological polar surface area (TPSA) is 91.7 Å². The highest BCUT2D eigenvalue weighted by molar-refractivity contribution is 6.39. The molecule has 0 aliphatic heterocycles. The Morgan fingerprint density at radius 1 is 1.15 bits per heavy atom. The fourth-order valence-electron chi connectivity index (χ4n) is 2.11. The van der Waals surface area contributed by atoms with E-state index in [-0.39, 0.29) is 18.8 Å². The van der Waals surface area contributed by atoms with Gasteiger partial charge in [-0.05, 0) is 25.1 Å². The van der Waals surface area contributed by atoms with Crippen LogP contribution in [0.15, 0.2) is 41.2 Å². The predicted octanol–water partition coefficient (Wildman–Crippen LogP) is 2.80. The Bertz CT molecular complexity index is 773. The molecule has 2 rings (SSSR count). The molecule has 0 saturated carbocycles. The van der Waals surface area contributed by atoms with Crippen LogP contribution in [0.25, 0.3) is 0 Å². The van der Waals surface area contributed by atoms with E-state index in [0.717, 1.165) is 0 Å². The second kappa shape index (κ2) is 9.26. The van der Waals surface area contributed by atoms with Crippen molar-refractivity contribution in [2.75, 3.05) is 25.0 Å². The first-order valence-corrected chi connectivity index (χ1v) is 8.50. The summed E-state index contributed by atoms with van der Waals surface area (Å²) < 4.78 is 4.81. The third kappa shape index (κ3) is 5.24. The molecule has 0 fully saturated rings. The third-order valence-electron chi connectivity index (χ3n) is 3.48. The largest absolute Gasteiger partial charge is 0.472 e. The Labute approximate surface area is 160 Å². The van der Waals surface area contributed by atoms with Gasteiger partial charge < -0.3 is 20.0 Å². The molecular formula is C17H17Cl2N3O4. The zero-order valence-electron chi connectivity index (χ0n) is 13.9. The van der Waals surface area contributed by atoms with Crippen molar-refractivity contribution >= 4 is 46.6 Å². The normalized spacial score (nSPS) is 10.3. The van der Waals surface area contributed by atoms with Crippen molar-refractivity contribution < 1.29 is 18.8 Å². The number of amides is 3. The first-order chi connectivity index (χ1) is 12.4. The minimum absolute atomic E-state index is 0.196. The molecule has 0 aliphatic carbocycles. The van der Waals surface area contributed by atoms with Crippen LogP contribution in [-0.2, 0) is 9.59 Å². The predicted molar refractivity (Wildman–Crippen MR) is 98.4 cm³/mol. The summed E-state index contributed by atoms with van der Waals surface area (Å²) in [5, 5.41) is 5.66. The number of para-hydroxylation sites is 1. The van der Waals surface area contributed by atoms with Crippen LogP contribution in [0.3, 0.4) is 0 Å². The van der Waals surface area contributed by atoms with Crippen molar-refractivity contribution in [3.05, 3.63) is 52.4 Å². The standard InChI is InChI=1S/C17H17Cl2N3O4/c1-2-22(15(24)8-20-17(25)11-6-7-26-10-11)9-14(23)21-16-12(18)4-3-5-13(16)19/h3-7,10H,2,8-9H2,1H3,(H,20,25)(H,21,23). The Hall–Kier alpha value is -2.51. The molecule has 3 amide bonds. The number of nitrogens with one attached hydrogen (secondary N) is 2. The van der Waals surface area contributed by atoms with Gasteiger partial charge in [0.25, 0.3) is 5.91 Å². The van der Waals surface area contributed by atoms with Crippen molar-refractivity contribution in [2.45, 2.75) is 6.92 Å². The molecule has 0 radical (unpaired) electrons. The number of carbonyl (C=O) groups excluding carboxylic acids is 3. The first-order valence-electron chi connectivity index (χ1n) is 7.74. The number of carbonyl (C=O) groups is 3. The van der Waals surface area contributed by atoms with Crippen LogP contribution in [-0.4, -0.2) is 42.3 Å². The summed E-state index contributed by atoms with van der Waals surface area (Å²) in [6.07, 6.45) is 2.64. The molecule has 0 unspecified atom stereocenters. The van der Waals surface area contributed by atoms with E-state index < -0.39 is 17.7 Å². The lowest BCUT2D eigenvalue weighted by atomic mass is 10.3. The van der Waals surface area contributed by atoms with Crippen molar-refractivity contribution in [2.24, 2.45) is 0 Å². The van der Waals surface area contributed by atoms with Crippen LogP contribution in [0.5, 0.6) is 0 Å². The summed E-state index contributed by atoms with van der Waals surface area (Å²) in [5.74, 6) is -1.28. The Kier molecular flexibility index (Phi) is 7.06. The zero-order chi connectivity index (χ0) is 19.1. The number of hydrogen-bond donors (Lipinski definition) is 2. The van der Waals surface area contributed by atoms with E-state index in [0.29, 0.717) is 22.2 Å². The van der Waals surface area contributed by atoms with Gasteiger partial charge in [-0.15, -0.1) is 0 Å². The average Bonchev–Trinajstić information content (AvgIpc) is 3.15. The van der Waals surface area contributed by atoms with E-state index in [9.17, 15) is 14.4 Å². The van der Waals surface area contributed by atoms with Crippen molar-refractivity contribution in [3.8, 4) is 0 Å². The molecule has 138 valence electrons. The number of anilines is 1. The smallest absolute Gasteiger partial charge is 0.254 e. The molecule has 7 nitrogen and oxygen atoms in total. The molecule has 26 heavy (non-hydrogen) atoms. The van der Waals surface area contributed by atoms with E-state index >= 15 is 0 Å². The summed E-state index contributed by atoms with van der Waals surface area (Å²) in [4.78, 5) is 37.5. The van der Waals surface area contributed by atoms with Crippen LogP contribution >= 0.6 is 23.2 Å². The highest BCUT2D eigenvalue weighted by Gasteiger charge is 2.18. The summed E-state index contributed by atoms with van der Waals surface area (Å²) in [6, 6.07) is 6.33. The number of benzene rings is 1. The third-order valence-corrected chi connectivity index (χ3v) is 4.11.